The van der Waals surface area contributed by atoms with E-state index in [0.717, 1.165) is 6.07 Å². The molecule has 0 radical (unpaired) electrons. The average molecular weight is 384 g/mol. The number of H-pyrrole nitrogens is 1. The van der Waals surface area contributed by atoms with Crippen LogP contribution in [0.3, 0.4) is 0 Å². The van der Waals surface area contributed by atoms with Crippen molar-refractivity contribution in [3.05, 3.63) is 51.9 Å². The van der Waals surface area contributed by atoms with Gasteiger partial charge in [0.2, 0.25) is 5.95 Å². The summed E-state index contributed by atoms with van der Waals surface area (Å²) in [6.07, 6.45) is -4.29. The second-order valence-corrected chi connectivity index (χ2v) is 5.90. The zero-order valence-electron chi connectivity index (χ0n) is 14.9. The van der Waals surface area contributed by atoms with Crippen molar-refractivity contribution in [1.29, 1.82) is 0 Å². The number of amides is 1. The molecule has 0 aliphatic carbocycles. The highest BCUT2D eigenvalue weighted by Crippen LogP contribution is 2.25. The van der Waals surface area contributed by atoms with E-state index >= 15 is 0 Å². The first-order chi connectivity index (χ1) is 12.6. The van der Waals surface area contributed by atoms with E-state index in [4.69, 9.17) is 0 Å². The number of benzene rings is 1. The van der Waals surface area contributed by atoms with E-state index in [9.17, 15) is 22.8 Å². The Morgan fingerprint density at radius 3 is 2.44 bits per heavy atom. The van der Waals surface area contributed by atoms with Gasteiger partial charge >= 0.3 is 6.36 Å². The molecule has 0 bridgehead atoms. The molecule has 2 aromatic rings. The summed E-state index contributed by atoms with van der Waals surface area (Å²) in [5.74, 6) is -0.680. The van der Waals surface area contributed by atoms with E-state index < -0.39 is 23.9 Å². The Morgan fingerprint density at radius 1 is 1.30 bits per heavy atom. The Kier molecular flexibility index (Phi) is 6.09. The maximum absolute atomic E-state index is 12.5. The van der Waals surface area contributed by atoms with Crippen LogP contribution in [0.15, 0.2) is 35.1 Å². The van der Waals surface area contributed by atoms with Gasteiger partial charge in [0.05, 0.1) is 6.04 Å². The molecule has 7 nitrogen and oxygen atoms in total. The molecular weight excluding hydrogens is 365 g/mol. The summed E-state index contributed by atoms with van der Waals surface area (Å²) in [5.41, 5.74) is 0.0662. The lowest BCUT2D eigenvalue weighted by Crippen LogP contribution is -2.31. The molecule has 0 saturated carbocycles. The Bertz CT molecular complexity index is 848. The minimum Gasteiger partial charge on any atom is -0.406 e. The SMILES string of the molecule is CC[C@@H](NC(=O)c1cc(=O)[nH]c(N(C)C)n1)c1ccc(OC(F)(F)F)cc1. The van der Waals surface area contributed by atoms with Crippen molar-refractivity contribution in [2.45, 2.75) is 25.7 Å². The number of carbonyl (C=O) groups excluding carboxylic acids is 1. The number of carbonyl (C=O) groups is 1. The van der Waals surface area contributed by atoms with Crippen LogP contribution < -0.4 is 20.5 Å². The van der Waals surface area contributed by atoms with Crippen molar-refractivity contribution in [3.8, 4) is 5.75 Å². The van der Waals surface area contributed by atoms with Gasteiger partial charge in [0.25, 0.3) is 11.5 Å². The Labute approximate surface area is 153 Å². The van der Waals surface area contributed by atoms with Crippen molar-refractivity contribution in [1.82, 2.24) is 15.3 Å². The van der Waals surface area contributed by atoms with Crippen LogP contribution in [-0.4, -0.2) is 36.3 Å². The van der Waals surface area contributed by atoms with Crippen molar-refractivity contribution in [2.75, 3.05) is 19.0 Å². The minimum absolute atomic E-state index is 0.0575. The first kappa shape index (κ1) is 20.3. The zero-order chi connectivity index (χ0) is 20.2. The van der Waals surface area contributed by atoms with Gasteiger partial charge in [-0.1, -0.05) is 19.1 Å². The molecule has 27 heavy (non-hydrogen) atoms. The lowest BCUT2D eigenvalue weighted by atomic mass is 10.0. The standard InChI is InChI=1S/C17H19F3N4O3/c1-4-12(10-5-7-11(8-6-10)27-17(18,19)20)21-15(26)13-9-14(25)23-16(22-13)24(2)3/h5-9,12H,4H2,1-3H3,(H,21,26)(H,22,23,25)/t12-/m1/s1. The molecule has 1 atom stereocenters. The van der Waals surface area contributed by atoms with E-state index in [2.05, 4.69) is 20.0 Å². The molecule has 2 rings (SSSR count). The molecule has 0 fully saturated rings. The highest BCUT2D eigenvalue weighted by Gasteiger charge is 2.31. The van der Waals surface area contributed by atoms with E-state index in [-0.39, 0.29) is 17.4 Å². The van der Waals surface area contributed by atoms with Gasteiger partial charge in [-0.25, -0.2) is 4.98 Å². The highest BCUT2D eigenvalue weighted by atomic mass is 19.4. The molecule has 0 saturated heterocycles. The van der Waals surface area contributed by atoms with Crippen LogP contribution in [0.4, 0.5) is 19.1 Å². The molecular formula is C17H19F3N4O3. The number of anilines is 1. The van der Waals surface area contributed by atoms with Gasteiger partial charge in [-0.2, -0.15) is 0 Å². The fraction of sp³-hybridized carbons (Fsp3) is 0.353. The summed E-state index contributed by atoms with van der Waals surface area (Å²) in [7, 11) is 3.33. The largest absolute Gasteiger partial charge is 0.573 e. The normalized spacial score (nSPS) is 12.4. The summed E-state index contributed by atoms with van der Waals surface area (Å²) in [4.78, 5) is 32.3. The molecule has 0 spiro atoms. The van der Waals surface area contributed by atoms with Crippen molar-refractivity contribution < 1.29 is 22.7 Å². The summed E-state index contributed by atoms with van der Waals surface area (Å²) in [6, 6.07) is 5.83. The second-order valence-electron chi connectivity index (χ2n) is 5.90. The monoisotopic (exact) mass is 384 g/mol. The number of nitrogens with zero attached hydrogens (tertiary/aromatic N) is 2. The average Bonchev–Trinajstić information content (AvgIpc) is 2.58. The smallest absolute Gasteiger partial charge is 0.406 e. The van der Waals surface area contributed by atoms with E-state index in [1.165, 1.54) is 24.3 Å². The molecule has 146 valence electrons. The van der Waals surface area contributed by atoms with Crippen molar-refractivity contribution in [3.63, 3.8) is 0 Å². The van der Waals surface area contributed by atoms with Crippen LogP contribution in [0, 0.1) is 0 Å². The second kappa shape index (κ2) is 8.11. The van der Waals surface area contributed by atoms with Gasteiger partial charge < -0.3 is 15.0 Å². The molecule has 0 aliphatic rings. The molecule has 0 aliphatic heterocycles. The number of hydrogen-bond acceptors (Lipinski definition) is 5. The number of aromatic amines is 1. The number of hydrogen-bond donors (Lipinski definition) is 2. The highest BCUT2D eigenvalue weighted by molar-refractivity contribution is 5.92. The summed E-state index contributed by atoms with van der Waals surface area (Å²) < 4.78 is 40.5. The Morgan fingerprint density at radius 2 is 1.93 bits per heavy atom. The fourth-order valence-corrected chi connectivity index (χ4v) is 2.33. The minimum atomic E-state index is -4.77. The third-order valence-corrected chi connectivity index (χ3v) is 3.62. The lowest BCUT2D eigenvalue weighted by molar-refractivity contribution is -0.274. The first-order valence-electron chi connectivity index (χ1n) is 8.04. The van der Waals surface area contributed by atoms with E-state index in [0.29, 0.717) is 12.0 Å². The van der Waals surface area contributed by atoms with Gasteiger partial charge in [0, 0.05) is 20.2 Å². The van der Waals surface area contributed by atoms with Gasteiger partial charge in [-0.15, -0.1) is 13.2 Å². The van der Waals surface area contributed by atoms with Crippen molar-refractivity contribution >= 4 is 11.9 Å². The predicted octanol–water partition coefficient (Wildman–Crippen LogP) is 2.62. The van der Waals surface area contributed by atoms with Crippen molar-refractivity contribution in [2.24, 2.45) is 0 Å². The summed E-state index contributed by atoms with van der Waals surface area (Å²) in [6.45, 7) is 1.81. The number of alkyl halides is 3. The summed E-state index contributed by atoms with van der Waals surface area (Å²) in [5, 5.41) is 2.72. The van der Waals surface area contributed by atoms with E-state index in [1.807, 2.05) is 6.92 Å². The number of rotatable bonds is 6. The molecule has 1 aromatic heterocycles. The van der Waals surface area contributed by atoms with Crippen LogP contribution in [-0.2, 0) is 0 Å². The Balaban J connectivity index is 2.17. The maximum atomic E-state index is 12.5. The third kappa shape index (κ3) is 5.73. The van der Waals surface area contributed by atoms with Gasteiger partial charge in [-0.05, 0) is 24.1 Å². The molecule has 2 N–H and O–H groups in total. The molecule has 1 amide bonds. The molecule has 10 heteroatoms. The molecule has 0 unspecified atom stereocenters. The van der Waals surface area contributed by atoms with Gasteiger partial charge in [-0.3, -0.25) is 14.6 Å². The van der Waals surface area contributed by atoms with Crippen LogP contribution in [0.1, 0.15) is 35.4 Å². The van der Waals surface area contributed by atoms with Crippen LogP contribution in [0.5, 0.6) is 5.75 Å². The lowest BCUT2D eigenvalue weighted by Gasteiger charge is -2.18. The topological polar surface area (TPSA) is 87.3 Å². The van der Waals surface area contributed by atoms with Crippen LogP contribution in [0.25, 0.3) is 0 Å². The maximum Gasteiger partial charge on any atom is 0.573 e. The number of ether oxygens (including phenoxy) is 1. The predicted molar refractivity (Wildman–Crippen MR) is 92.8 cm³/mol. The fourth-order valence-electron chi connectivity index (χ4n) is 2.33. The number of halogens is 3. The van der Waals surface area contributed by atoms with Crippen LogP contribution >= 0.6 is 0 Å². The van der Waals surface area contributed by atoms with Gasteiger partial charge in [0.1, 0.15) is 11.4 Å². The molecule has 1 aromatic carbocycles. The quantitative estimate of drug-likeness (QED) is 0.800. The van der Waals surface area contributed by atoms with Crippen LogP contribution in [0.2, 0.25) is 0 Å². The zero-order valence-corrected chi connectivity index (χ0v) is 14.9. The summed E-state index contributed by atoms with van der Waals surface area (Å²) >= 11 is 0. The van der Waals surface area contributed by atoms with E-state index in [1.54, 1.807) is 19.0 Å². The third-order valence-electron chi connectivity index (χ3n) is 3.62. The first-order valence-corrected chi connectivity index (χ1v) is 8.04. The number of nitrogens with one attached hydrogen (secondary N) is 2. The molecule has 1 heterocycles. The van der Waals surface area contributed by atoms with Gasteiger partial charge in [0.15, 0.2) is 0 Å². The number of aromatic nitrogens is 2. The Hall–Kier alpha value is -3.04.